The Labute approximate surface area is 160 Å². The van der Waals surface area contributed by atoms with Crippen molar-refractivity contribution in [3.05, 3.63) is 71.6 Å². The molecular formula is C19H18N6OS. The Morgan fingerprint density at radius 1 is 1.07 bits per heavy atom. The van der Waals surface area contributed by atoms with E-state index in [1.165, 1.54) is 11.3 Å². The molecule has 136 valence electrons. The van der Waals surface area contributed by atoms with Gasteiger partial charge in [-0.25, -0.2) is 0 Å². The Balaban J connectivity index is 1.78. The fourth-order valence-corrected chi connectivity index (χ4v) is 3.74. The van der Waals surface area contributed by atoms with Gasteiger partial charge >= 0.3 is 0 Å². The average molecular weight is 378 g/mol. The molecule has 0 spiro atoms. The highest BCUT2D eigenvalue weighted by Crippen LogP contribution is 2.41. The van der Waals surface area contributed by atoms with Gasteiger partial charge in [-0.05, 0) is 17.2 Å². The third-order valence-corrected chi connectivity index (χ3v) is 5.27. The van der Waals surface area contributed by atoms with Crippen molar-refractivity contribution in [2.45, 2.75) is 19.8 Å². The number of pyridine rings is 1. The third kappa shape index (κ3) is 3.31. The number of nitrogens with zero attached hydrogens (tertiary/aromatic N) is 5. The number of rotatable bonds is 5. The molecule has 0 bridgehead atoms. The summed E-state index contributed by atoms with van der Waals surface area (Å²) in [5, 5.41) is 19.1. The molecule has 0 saturated heterocycles. The van der Waals surface area contributed by atoms with Crippen LogP contribution in [-0.4, -0.2) is 30.7 Å². The number of hydrogen-bond donors (Lipinski definition) is 1. The molecule has 1 amide bonds. The van der Waals surface area contributed by atoms with Crippen LogP contribution in [0.1, 0.15) is 30.9 Å². The predicted octanol–water partition coefficient (Wildman–Crippen LogP) is 3.38. The molecule has 1 N–H and O–H groups in total. The molecule has 4 aromatic rings. The van der Waals surface area contributed by atoms with E-state index in [1.54, 1.807) is 11.8 Å². The Morgan fingerprint density at radius 3 is 2.63 bits per heavy atom. The van der Waals surface area contributed by atoms with E-state index in [4.69, 9.17) is 0 Å². The first-order valence-electron chi connectivity index (χ1n) is 8.47. The lowest BCUT2D eigenvalue weighted by molar-refractivity contribution is -0.124. The van der Waals surface area contributed by atoms with Gasteiger partial charge in [0.15, 0.2) is 5.65 Å². The summed E-state index contributed by atoms with van der Waals surface area (Å²) in [6, 6.07) is 13.9. The summed E-state index contributed by atoms with van der Waals surface area (Å²) in [5.41, 5.74) is 3.68. The van der Waals surface area contributed by atoms with E-state index in [1.807, 2.05) is 66.9 Å². The van der Waals surface area contributed by atoms with Gasteiger partial charge in [0.2, 0.25) is 11.0 Å². The van der Waals surface area contributed by atoms with Gasteiger partial charge < -0.3 is 5.32 Å². The number of carbonyl (C=O) groups is 1. The number of fused-ring (bicyclic) bond motifs is 1. The number of carbonyl (C=O) groups excluding carboxylic acids is 1. The number of aromatic nitrogens is 5. The zero-order valence-corrected chi connectivity index (χ0v) is 15.7. The van der Waals surface area contributed by atoms with Crippen molar-refractivity contribution in [2.75, 3.05) is 5.32 Å². The summed E-state index contributed by atoms with van der Waals surface area (Å²) in [4.78, 5) is 13.1. The van der Waals surface area contributed by atoms with Crippen LogP contribution in [0.3, 0.4) is 0 Å². The Morgan fingerprint density at radius 2 is 1.89 bits per heavy atom. The van der Waals surface area contributed by atoms with Crippen molar-refractivity contribution in [1.82, 2.24) is 24.8 Å². The van der Waals surface area contributed by atoms with E-state index in [0.29, 0.717) is 5.13 Å². The summed E-state index contributed by atoms with van der Waals surface area (Å²) >= 11 is 1.30. The van der Waals surface area contributed by atoms with E-state index in [2.05, 4.69) is 25.7 Å². The second-order valence-corrected chi connectivity index (χ2v) is 7.66. The maximum atomic E-state index is 13.1. The third-order valence-electron chi connectivity index (χ3n) is 4.67. The first kappa shape index (κ1) is 17.3. The second-order valence-electron chi connectivity index (χ2n) is 6.82. The summed E-state index contributed by atoms with van der Waals surface area (Å²) < 4.78 is 1.87. The maximum absolute atomic E-state index is 13.1. The lowest BCUT2D eigenvalue weighted by atomic mass is 9.71. The highest BCUT2D eigenvalue weighted by atomic mass is 32.1. The fraction of sp³-hybridized carbons (Fsp3) is 0.211. The van der Waals surface area contributed by atoms with Gasteiger partial charge in [0, 0.05) is 12.1 Å². The molecule has 0 aliphatic rings. The smallest absolute Gasteiger partial charge is 0.232 e. The number of benzene rings is 1. The van der Waals surface area contributed by atoms with Crippen LogP contribution in [0.5, 0.6) is 0 Å². The van der Waals surface area contributed by atoms with E-state index >= 15 is 0 Å². The standard InChI is InChI=1S/C19H18N6OS/c1-19(2,17(26)22-18-24-21-12-27-18)16(13-6-4-3-5-7-13)14-8-9-15-23-20-11-25(15)10-14/h3-12,16H,1-2H3,(H,22,24,26). The lowest BCUT2D eigenvalue weighted by Crippen LogP contribution is -2.37. The SMILES string of the molecule is CC(C)(C(=O)Nc1nncs1)C(c1ccccc1)c1ccc2nncn2c1. The van der Waals surface area contributed by atoms with Gasteiger partial charge in [-0.2, -0.15) is 0 Å². The topological polar surface area (TPSA) is 85.1 Å². The van der Waals surface area contributed by atoms with E-state index in [0.717, 1.165) is 16.8 Å². The van der Waals surface area contributed by atoms with E-state index in [9.17, 15) is 4.79 Å². The molecule has 3 heterocycles. The van der Waals surface area contributed by atoms with Crippen molar-refractivity contribution in [3.63, 3.8) is 0 Å². The summed E-state index contributed by atoms with van der Waals surface area (Å²) in [6.45, 7) is 3.88. The number of anilines is 1. The number of hydrogen-bond acceptors (Lipinski definition) is 6. The molecule has 27 heavy (non-hydrogen) atoms. The molecule has 0 saturated carbocycles. The molecule has 0 radical (unpaired) electrons. The zero-order chi connectivity index (χ0) is 18.9. The van der Waals surface area contributed by atoms with Crippen molar-refractivity contribution in [1.29, 1.82) is 0 Å². The van der Waals surface area contributed by atoms with Gasteiger partial charge in [0.25, 0.3) is 0 Å². The number of amides is 1. The van der Waals surface area contributed by atoms with Crippen LogP contribution in [-0.2, 0) is 4.79 Å². The molecular weight excluding hydrogens is 360 g/mol. The van der Waals surface area contributed by atoms with Crippen LogP contribution in [0.25, 0.3) is 5.65 Å². The molecule has 7 nitrogen and oxygen atoms in total. The fourth-order valence-electron chi connectivity index (χ4n) is 3.30. The summed E-state index contributed by atoms with van der Waals surface area (Å²) in [7, 11) is 0. The molecule has 4 rings (SSSR count). The Kier molecular flexibility index (Phi) is 4.41. The lowest BCUT2D eigenvalue weighted by Gasteiger charge is -2.33. The summed E-state index contributed by atoms with van der Waals surface area (Å²) in [5.74, 6) is -0.282. The summed E-state index contributed by atoms with van der Waals surface area (Å²) in [6.07, 6.45) is 3.64. The molecule has 0 fully saturated rings. The number of nitrogens with one attached hydrogen (secondary N) is 1. The van der Waals surface area contributed by atoms with Crippen LogP contribution in [0.4, 0.5) is 5.13 Å². The van der Waals surface area contributed by atoms with Crippen LogP contribution in [0, 0.1) is 5.41 Å². The molecule has 0 aliphatic carbocycles. The molecule has 1 unspecified atom stereocenters. The first-order valence-corrected chi connectivity index (χ1v) is 9.35. The Bertz CT molecular complexity index is 1060. The van der Waals surface area contributed by atoms with E-state index < -0.39 is 5.41 Å². The quantitative estimate of drug-likeness (QED) is 0.575. The van der Waals surface area contributed by atoms with Gasteiger partial charge in [0.1, 0.15) is 11.8 Å². The van der Waals surface area contributed by atoms with Gasteiger partial charge in [-0.15, -0.1) is 20.4 Å². The molecule has 0 aliphatic heterocycles. The monoisotopic (exact) mass is 378 g/mol. The minimum Gasteiger partial charge on any atom is -0.300 e. The van der Waals surface area contributed by atoms with Gasteiger partial charge in [-0.1, -0.05) is 61.6 Å². The predicted molar refractivity (Wildman–Crippen MR) is 104 cm³/mol. The average Bonchev–Trinajstić information content (AvgIpc) is 3.33. The highest BCUT2D eigenvalue weighted by molar-refractivity contribution is 7.13. The van der Waals surface area contributed by atoms with E-state index in [-0.39, 0.29) is 11.8 Å². The zero-order valence-electron chi connectivity index (χ0n) is 14.9. The first-order chi connectivity index (χ1) is 13.1. The molecule has 1 aromatic carbocycles. The van der Waals surface area contributed by atoms with Crippen LogP contribution in [0.2, 0.25) is 0 Å². The Hall–Kier alpha value is -3.13. The normalized spacial score (nSPS) is 12.8. The van der Waals surface area contributed by atoms with Crippen molar-refractivity contribution < 1.29 is 4.79 Å². The molecule has 8 heteroatoms. The van der Waals surface area contributed by atoms with Crippen LogP contribution < -0.4 is 5.32 Å². The molecule has 1 atom stereocenters. The van der Waals surface area contributed by atoms with Crippen molar-refractivity contribution in [3.8, 4) is 0 Å². The minimum atomic E-state index is -0.741. The van der Waals surface area contributed by atoms with Crippen molar-refractivity contribution in [2.24, 2.45) is 5.41 Å². The largest absolute Gasteiger partial charge is 0.300 e. The second kappa shape index (κ2) is 6.88. The molecule has 3 aromatic heterocycles. The van der Waals surface area contributed by atoms with Crippen LogP contribution >= 0.6 is 11.3 Å². The maximum Gasteiger partial charge on any atom is 0.232 e. The van der Waals surface area contributed by atoms with Gasteiger partial charge in [0.05, 0.1) is 5.41 Å². The minimum absolute atomic E-state index is 0.114. The highest BCUT2D eigenvalue weighted by Gasteiger charge is 2.39. The van der Waals surface area contributed by atoms with Gasteiger partial charge in [-0.3, -0.25) is 9.20 Å². The van der Waals surface area contributed by atoms with Crippen molar-refractivity contribution >= 4 is 28.0 Å². The van der Waals surface area contributed by atoms with Crippen LogP contribution in [0.15, 0.2) is 60.5 Å².